The molecule has 2 nitrogen and oxygen atoms in total. The van der Waals surface area contributed by atoms with E-state index < -0.39 is 0 Å². The number of thiophene rings is 1. The van der Waals surface area contributed by atoms with Crippen LogP contribution in [0.15, 0.2) is 16.8 Å². The summed E-state index contributed by atoms with van der Waals surface area (Å²) in [6, 6.07) is 1.88. The maximum absolute atomic E-state index is 11.8. The van der Waals surface area contributed by atoms with Crippen molar-refractivity contribution >= 4 is 33.2 Å². The molecule has 0 radical (unpaired) electrons. The van der Waals surface area contributed by atoms with Crippen LogP contribution in [0.3, 0.4) is 0 Å². The van der Waals surface area contributed by atoms with Crippen molar-refractivity contribution in [2.24, 2.45) is 11.8 Å². The molecule has 0 aromatic carbocycles. The summed E-state index contributed by atoms with van der Waals surface area (Å²) >= 11 is 5.15. The van der Waals surface area contributed by atoms with Crippen LogP contribution < -0.4 is 5.32 Å². The second kappa shape index (κ2) is 6.55. The summed E-state index contributed by atoms with van der Waals surface area (Å²) in [5.41, 5.74) is 0.793. The van der Waals surface area contributed by atoms with Gasteiger partial charge in [-0.15, -0.1) is 0 Å². The minimum atomic E-state index is 0.0742. The van der Waals surface area contributed by atoms with Crippen molar-refractivity contribution in [3.8, 4) is 0 Å². The van der Waals surface area contributed by atoms with E-state index in [0.717, 1.165) is 23.4 Å². The summed E-state index contributed by atoms with van der Waals surface area (Å²) in [7, 11) is 0. The zero-order valence-corrected chi connectivity index (χ0v) is 12.2. The van der Waals surface area contributed by atoms with Crippen LogP contribution in [0.25, 0.3) is 0 Å². The molecule has 17 heavy (non-hydrogen) atoms. The van der Waals surface area contributed by atoms with E-state index in [1.54, 1.807) is 11.3 Å². The van der Waals surface area contributed by atoms with E-state index in [1.807, 2.05) is 16.8 Å². The minimum Gasteiger partial charge on any atom is -0.352 e. The van der Waals surface area contributed by atoms with Gasteiger partial charge in [0.25, 0.3) is 5.91 Å². The minimum absolute atomic E-state index is 0.0742. The Labute approximate surface area is 115 Å². The molecule has 1 fully saturated rings. The highest BCUT2D eigenvalue weighted by molar-refractivity contribution is 9.09. The van der Waals surface area contributed by atoms with Crippen molar-refractivity contribution in [1.29, 1.82) is 0 Å². The fourth-order valence-electron chi connectivity index (χ4n) is 2.48. The molecule has 0 bridgehead atoms. The second-order valence-electron chi connectivity index (χ2n) is 4.68. The lowest BCUT2D eigenvalue weighted by Gasteiger charge is -2.30. The number of carbonyl (C=O) groups excluding carboxylic acids is 1. The van der Waals surface area contributed by atoms with Crippen LogP contribution in [-0.2, 0) is 0 Å². The molecule has 2 unspecified atom stereocenters. The van der Waals surface area contributed by atoms with Gasteiger partial charge in [0.2, 0.25) is 0 Å². The third-order valence-electron chi connectivity index (χ3n) is 3.57. The average Bonchev–Trinajstić information content (AvgIpc) is 2.90. The lowest BCUT2D eigenvalue weighted by Crippen LogP contribution is -2.34. The molecule has 1 aromatic heterocycles. The first-order valence-corrected chi connectivity index (χ1v) is 8.24. The Bertz CT molecular complexity index is 352. The molecule has 1 aliphatic rings. The van der Waals surface area contributed by atoms with E-state index in [-0.39, 0.29) is 5.91 Å². The van der Waals surface area contributed by atoms with E-state index >= 15 is 0 Å². The molecule has 2 atom stereocenters. The monoisotopic (exact) mass is 315 g/mol. The average molecular weight is 316 g/mol. The first-order chi connectivity index (χ1) is 8.31. The Balaban J connectivity index is 1.82. The van der Waals surface area contributed by atoms with Crippen LogP contribution in [0, 0.1) is 11.8 Å². The number of hydrogen-bond acceptors (Lipinski definition) is 2. The maximum Gasteiger partial charge on any atom is 0.252 e. The van der Waals surface area contributed by atoms with Crippen molar-refractivity contribution in [3.63, 3.8) is 0 Å². The van der Waals surface area contributed by atoms with Crippen LogP contribution in [0.1, 0.15) is 36.0 Å². The van der Waals surface area contributed by atoms with Gasteiger partial charge < -0.3 is 5.32 Å². The summed E-state index contributed by atoms with van der Waals surface area (Å²) in [4.78, 5) is 11.8. The van der Waals surface area contributed by atoms with E-state index in [4.69, 9.17) is 0 Å². The molecule has 1 amide bonds. The lowest BCUT2D eigenvalue weighted by atomic mass is 9.80. The van der Waals surface area contributed by atoms with Crippen LogP contribution in [-0.4, -0.2) is 17.8 Å². The highest BCUT2D eigenvalue weighted by Gasteiger charge is 2.24. The topological polar surface area (TPSA) is 29.1 Å². The first-order valence-electron chi connectivity index (χ1n) is 6.17. The molecule has 0 aliphatic heterocycles. The van der Waals surface area contributed by atoms with Gasteiger partial charge in [0, 0.05) is 22.8 Å². The Kier molecular flexibility index (Phi) is 5.04. The Morgan fingerprint density at radius 2 is 2.18 bits per heavy atom. The largest absolute Gasteiger partial charge is 0.352 e. The molecule has 2 rings (SSSR count). The molecule has 1 saturated carbocycles. The quantitative estimate of drug-likeness (QED) is 0.844. The molecule has 0 spiro atoms. The summed E-state index contributed by atoms with van der Waals surface area (Å²) in [5.74, 6) is 1.45. The van der Waals surface area contributed by atoms with Crippen molar-refractivity contribution in [2.75, 3.05) is 11.9 Å². The van der Waals surface area contributed by atoms with Crippen molar-refractivity contribution < 1.29 is 4.79 Å². The molecule has 4 heteroatoms. The molecule has 0 saturated heterocycles. The van der Waals surface area contributed by atoms with Crippen LogP contribution in [0.2, 0.25) is 0 Å². The summed E-state index contributed by atoms with van der Waals surface area (Å²) < 4.78 is 0. The molecule has 1 aliphatic carbocycles. The number of amides is 1. The van der Waals surface area contributed by atoms with E-state index in [0.29, 0.717) is 5.92 Å². The third-order valence-corrected chi connectivity index (χ3v) is 5.09. The standard InChI is InChI=1S/C13H18BrNOS/c14-7-10-3-1-2-4-11(10)8-15-13(16)12-5-6-17-9-12/h5-6,9-11H,1-4,7-8H2,(H,15,16). The van der Waals surface area contributed by atoms with Gasteiger partial charge in [-0.2, -0.15) is 11.3 Å². The lowest BCUT2D eigenvalue weighted by molar-refractivity contribution is 0.0937. The number of rotatable bonds is 4. The van der Waals surface area contributed by atoms with Gasteiger partial charge in [-0.1, -0.05) is 28.8 Å². The molecule has 1 aromatic rings. The van der Waals surface area contributed by atoms with Crippen LogP contribution >= 0.6 is 27.3 Å². The van der Waals surface area contributed by atoms with Gasteiger partial charge in [0.15, 0.2) is 0 Å². The van der Waals surface area contributed by atoms with Crippen LogP contribution in [0.4, 0.5) is 0 Å². The maximum atomic E-state index is 11.8. The van der Waals surface area contributed by atoms with E-state index in [2.05, 4.69) is 21.2 Å². The number of hydrogen-bond donors (Lipinski definition) is 1. The fraction of sp³-hybridized carbons (Fsp3) is 0.615. The summed E-state index contributed by atoms with van der Waals surface area (Å²) in [5, 5.41) is 7.97. The Hall–Kier alpha value is -0.350. The van der Waals surface area contributed by atoms with Gasteiger partial charge >= 0.3 is 0 Å². The summed E-state index contributed by atoms with van der Waals surface area (Å²) in [6.45, 7) is 0.824. The van der Waals surface area contributed by atoms with Crippen molar-refractivity contribution in [1.82, 2.24) is 5.32 Å². The van der Waals surface area contributed by atoms with Gasteiger partial charge in [-0.05, 0) is 36.1 Å². The van der Waals surface area contributed by atoms with Gasteiger partial charge in [0.1, 0.15) is 0 Å². The Morgan fingerprint density at radius 1 is 1.41 bits per heavy atom. The third kappa shape index (κ3) is 3.55. The number of alkyl halides is 1. The summed E-state index contributed by atoms with van der Waals surface area (Å²) in [6.07, 6.45) is 5.19. The van der Waals surface area contributed by atoms with E-state index in [9.17, 15) is 4.79 Å². The molecule has 94 valence electrons. The molecule has 1 N–H and O–H groups in total. The second-order valence-corrected chi connectivity index (χ2v) is 6.11. The first kappa shape index (κ1) is 13.1. The molecule has 1 heterocycles. The Morgan fingerprint density at radius 3 is 2.82 bits per heavy atom. The van der Waals surface area contributed by atoms with Crippen LogP contribution in [0.5, 0.6) is 0 Å². The highest BCUT2D eigenvalue weighted by atomic mass is 79.9. The highest BCUT2D eigenvalue weighted by Crippen LogP contribution is 2.30. The zero-order chi connectivity index (χ0) is 12.1. The fourth-order valence-corrected chi connectivity index (χ4v) is 3.96. The smallest absolute Gasteiger partial charge is 0.252 e. The van der Waals surface area contributed by atoms with Gasteiger partial charge in [0.05, 0.1) is 0 Å². The zero-order valence-electron chi connectivity index (χ0n) is 9.82. The number of carbonyl (C=O) groups is 1. The predicted molar refractivity (Wildman–Crippen MR) is 75.9 cm³/mol. The normalized spacial score (nSPS) is 24.5. The van der Waals surface area contributed by atoms with Gasteiger partial charge in [-0.3, -0.25) is 4.79 Å². The molecular formula is C13H18BrNOS. The molecular weight excluding hydrogens is 298 g/mol. The van der Waals surface area contributed by atoms with Crippen molar-refractivity contribution in [2.45, 2.75) is 25.7 Å². The number of halogens is 1. The van der Waals surface area contributed by atoms with Gasteiger partial charge in [-0.25, -0.2) is 0 Å². The van der Waals surface area contributed by atoms with Crippen molar-refractivity contribution in [3.05, 3.63) is 22.4 Å². The predicted octanol–water partition coefficient (Wildman–Crippen LogP) is 3.68. The SMILES string of the molecule is O=C(NCC1CCCCC1CBr)c1ccsc1. The van der Waals surface area contributed by atoms with E-state index in [1.165, 1.54) is 25.7 Å². The number of nitrogens with one attached hydrogen (secondary N) is 1.